The minimum atomic E-state index is 0. The maximum atomic E-state index is 6.07. The standard InChI is InChI=1S/C20H38N4O.HI/c1-21-20(22-12-13-25-19-10-5-3-4-6-11-19)23-16-14-17-8-7-9-18(15-16)24(17)2;/h16-19H,3-15H2,1-2H3,(H2,21,22,23);1H. The summed E-state index contributed by atoms with van der Waals surface area (Å²) in [5.74, 6) is 0.942. The fourth-order valence-corrected chi connectivity index (χ4v) is 4.93. The van der Waals surface area contributed by atoms with Crippen LogP contribution in [0.5, 0.6) is 0 Å². The van der Waals surface area contributed by atoms with Gasteiger partial charge in [0.15, 0.2) is 5.96 Å². The van der Waals surface area contributed by atoms with Gasteiger partial charge in [-0.05, 0) is 45.6 Å². The van der Waals surface area contributed by atoms with Gasteiger partial charge in [0, 0.05) is 31.7 Å². The molecule has 2 atom stereocenters. The van der Waals surface area contributed by atoms with Gasteiger partial charge in [-0.2, -0.15) is 0 Å². The van der Waals surface area contributed by atoms with E-state index in [1.165, 1.54) is 70.6 Å². The summed E-state index contributed by atoms with van der Waals surface area (Å²) < 4.78 is 6.07. The van der Waals surface area contributed by atoms with Crippen LogP contribution in [0.15, 0.2) is 4.99 Å². The van der Waals surface area contributed by atoms with Crippen LogP contribution < -0.4 is 10.6 Å². The summed E-state index contributed by atoms with van der Waals surface area (Å²) in [4.78, 5) is 7.03. The van der Waals surface area contributed by atoms with E-state index in [0.29, 0.717) is 12.1 Å². The molecule has 5 nitrogen and oxygen atoms in total. The predicted molar refractivity (Wildman–Crippen MR) is 120 cm³/mol. The number of aliphatic imine (C=N–C) groups is 1. The Labute approximate surface area is 177 Å². The Hall–Kier alpha value is -0.0800. The Morgan fingerprint density at radius 2 is 1.65 bits per heavy atom. The van der Waals surface area contributed by atoms with Gasteiger partial charge in [0.2, 0.25) is 0 Å². The maximum Gasteiger partial charge on any atom is 0.191 e. The number of guanidine groups is 1. The molecular weight excluding hydrogens is 439 g/mol. The van der Waals surface area contributed by atoms with E-state index in [-0.39, 0.29) is 24.0 Å². The van der Waals surface area contributed by atoms with Crippen molar-refractivity contribution in [3.8, 4) is 0 Å². The molecule has 0 aromatic carbocycles. The highest BCUT2D eigenvalue weighted by atomic mass is 127. The molecule has 2 bridgehead atoms. The van der Waals surface area contributed by atoms with Crippen LogP contribution in [0, 0.1) is 0 Å². The fourth-order valence-electron chi connectivity index (χ4n) is 4.93. The lowest BCUT2D eigenvalue weighted by atomic mass is 9.82. The number of nitrogens with zero attached hydrogens (tertiary/aromatic N) is 2. The number of ether oxygens (including phenoxy) is 1. The van der Waals surface area contributed by atoms with Gasteiger partial charge in [-0.3, -0.25) is 4.99 Å². The van der Waals surface area contributed by atoms with Gasteiger partial charge >= 0.3 is 0 Å². The van der Waals surface area contributed by atoms with Crippen molar-refractivity contribution in [3.63, 3.8) is 0 Å². The molecule has 2 saturated heterocycles. The van der Waals surface area contributed by atoms with Gasteiger partial charge in [-0.25, -0.2) is 0 Å². The minimum Gasteiger partial charge on any atom is -0.376 e. The summed E-state index contributed by atoms with van der Waals surface area (Å²) in [6.07, 6.45) is 15.0. The first-order valence-electron chi connectivity index (χ1n) is 10.6. The summed E-state index contributed by atoms with van der Waals surface area (Å²) in [5, 5.41) is 7.11. The molecule has 6 heteroatoms. The molecule has 1 aliphatic carbocycles. The molecule has 0 spiro atoms. The Morgan fingerprint density at radius 3 is 2.27 bits per heavy atom. The van der Waals surface area contributed by atoms with Crippen molar-refractivity contribution >= 4 is 29.9 Å². The third-order valence-electron chi connectivity index (χ3n) is 6.45. The Bertz CT molecular complexity index is 412. The van der Waals surface area contributed by atoms with E-state index in [2.05, 4.69) is 27.6 Å². The second-order valence-corrected chi connectivity index (χ2v) is 8.20. The highest BCUT2D eigenvalue weighted by Gasteiger charge is 2.36. The Kier molecular flexibility index (Phi) is 9.99. The summed E-state index contributed by atoms with van der Waals surface area (Å²) in [7, 11) is 4.18. The number of fused-ring (bicyclic) bond motifs is 2. The fraction of sp³-hybridized carbons (Fsp3) is 0.950. The summed E-state index contributed by atoms with van der Waals surface area (Å²) in [6, 6.07) is 2.06. The van der Waals surface area contributed by atoms with Crippen LogP contribution in [0.2, 0.25) is 0 Å². The lowest BCUT2D eigenvalue weighted by Crippen LogP contribution is -2.56. The largest absolute Gasteiger partial charge is 0.376 e. The van der Waals surface area contributed by atoms with Crippen molar-refractivity contribution < 1.29 is 4.74 Å². The Morgan fingerprint density at radius 1 is 1.00 bits per heavy atom. The number of rotatable bonds is 5. The quantitative estimate of drug-likeness (QED) is 0.209. The van der Waals surface area contributed by atoms with Crippen LogP contribution in [0.3, 0.4) is 0 Å². The van der Waals surface area contributed by atoms with Crippen LogP contribution in [0.1, 0.15) is 70.6 Å². The molecule has 2 N–H and O–H groups in total. The molecule has 3 fully saturated rings. The monoisotopic (exact) mass is 478 g/mol. The van der Waals surface area contributed by atoms with Gasteiger partial charge in [-0.1, -0.05) is 32.1 Å². The van der Waals surface area contributed by atoms with Gasteiger partial charge in [0.1, 0.15) is 0 Å². The molecular formula is C20H39IN4O. The SMILES string of the molecule is CN=C(NCCOC1CCCCCC1)NC1CC2CCCC(C1)N2C.I. The van der Waals surface area contributed by atoms with Crippen molar-refractivity contribution in [2.24, 2.45) is 4.99 Å². The molecule has 2 unspecified atom stereocenters. The zero-order chi connectivity index (χ0) is 17.5. The van der Waals surface area contributed by atoms with Crippen LogP contribution >= 0.6 is 24.0 Å². The molecule has 26 heavy (non-hydrogen) atoms. The molecule has 0 amide bonds. The van der Waals surface area contributed by atoms with E-state index >= 15 is 0 Å². The predicted octanol–water partition coefficient (Wildman–Crippen LogP) is 3.52. The molecule has 152 valence electrons. The molecule has 2 aliphatic heterocycles. The molecule has 2 heterocycles. The summed E-state index contributed by atoms with van der Waals surface area (Å²) in [5.41, 5.74) is 0. The summed E-state index contributed by atoms with van der Waals surface area (Å²) >= 11 is 0. The first-order valence-corrected chi connectivity index (χ1v) is 10.6. The average Bonchev–Trinajstić information content (AvgIpc) is 2.87. The highest BCUT2D eigenvalue weighted by molar-refractivity contribution is 14.0. The van der Waals surface area contributed by atoms with Crippen molar-refractivity contribution in [2.75, 3.05) is 27.2 Å². The van der Waals surface area contributed by atoms with Crippen LogP contribution in [-0.2, 0) is 4.74 Å². The first kappa shape index (κ1) is 22.2. The van der Waals surface area contributed by atoms with Crippen LogP contribution in [-0.4, -0.2) is 62.3 Å². The minimum absolute atomic E-state index is 0. The number of halogens is 1. The van der Waals surface area contributed by atoms with E-state index < -0.39 is 0 Å². The number of nitrogens with one attached hydrogen (secondary N) is 2. The van der Waals surface area contributed by atoms with E-state index in [9.17, 15) is 0 Å². The lowest BCUT2D eigenvalue weighted by molar-refractivity contribution is 0.0461. The Balaban J connectivity index is 0.00000243. The van der Waals surface area contributed by atoms with Crippen LogP contribution in [0.25, 0.3) is 0 Å². The third kappa shape index (κ3) is 6.51. The van der Waals surface area contributed by atoms with Crippen molar-refractivity contribution in [2.45, 2.75) is 94.9 Å². The summed E-state index contributed by atoms with van der Waals surface area (Å²) in [6.45, 7) is 1.62. The molecule has 3 rings (SSSR count). The second kappa shape index (κ2) is 11.7. The zero-order valence-electron chi connectivity index (χ0n) is 16.7. The van der Waals surface area contributed by atoms with Gasteiger partial charge in [0.05, 0.1) is 12.7 Å². The molecule has 0 aromatic rings. The van der Waals surface area contributed by atoms with Crippen LogP contribution in [0.4, 0.5) is 0 Å². The van der Waals surface area contributed by atoms with E-state index in [4.69, 9.17) is 4.74 Å². The lowest BCUT2D eigenvalue weighted by Gasteiger charge is -2.47. The van der Waals surface area contributed by atoms with E-state index in [1.807, 2.05) is 7.05 Å². The maximum absolute atomic E-state index is 6.07. The van der Waals surface area contributed by atoms with E-state index in [1.54, 1.807) is 0 Å². The van der Waals surface area contributed by atoms with Gasteiger partial charge in [0.25, 0.3) is 0 Å². The topological polar surface area (TPSA) is 48.9 Å². The number of hydrogen-bond acceptors (Lipinski definition) is 3. The normalized spacial score (nSPS) is 31.0. The van der Waals surface area contributed by atoms with Gasteiger partial charge < -0.3 is 20.3 Å². The molecule has 0 radical (unpaired) electrons. The second-order valence-electron chi connectivity index (χ2n) is 8.20. The third-order valence-corrected chi connectivity index (χ3v) is 6.45. The van der Waals surface area contributed by atoms with Crippen molar-refractivity contribution in [3.05, 3.63) is 0 Å². The molecule has 0 aromatic heterocycles. The smallest absolute Gasteiger partial charge is 0.191 e. The van der Waals surface area contributed by atoms with Crippen molar-refractivity contribution in [1.82, 2.24) is 15.5 Å². The molecule has 3 aliphatic rings. The average molecular weight is 478 g/mol. The van der Waals surface area contributed by atoms with Gasteiger partial charge in [-0.15, -0.1) is 24.0 Å². The van der Waals surface area contributed by atoms with E-state index in [0.717, 1.165) is 31.2 Å². The van der Waals surface area contributed by atoms with Crippen molar-refractivity contribution in [1.29, 1.82) is 0 Å². The number of hydrogen-bond donors (Lipinski definition) is 2. The highest BCUT2D eigenvalue weighted by Crippen LogP contribution is 2.32. The first-order chi connectivity index (χ1) is 12.3. The number of piperidine rings is 2. The zero-order valence-corrected chi connectivity index (χ0v) is 19.0. The molecule has 1 saturated carbocycles.